The normalized spacial score (nSPS) is 23.2. The van der Waals surface area contributed by atoms with Gasteiger partial charge in [0.15, 0.2) is 0 Å². The van der Waals surface area contributed by atoms with E-state index in [-0.39, 0.29) is 6.61 Å². The first kappa shape index (κ1) is 9.21. The lowest BCUT2D eigenvalue weighted by molar-refractivity contribution is 0.324. The molecule has 1 heterocycles. The monoisotopic (exact) mass is 190 g/mol. The number of hydrogen-bond acceptors (Lipinski definition) is 3. The Hall–Kier alpha value is -1.35. The van der Waals surface area contributed by atoms with Crippen LogP contribution in [0.2, 0.25) is 0 Å². The molecule has 0 amide bonds. The molecule has 3 N–H and O–H groups in total. The summed E-state index contributed by atoms with van der Waals surface area (Å²) < 4.78 is 0. The summed E-state index contributed by atoms with van der Waals surface area (Å²) in [7, 11) is 0. The van der Waals surface area contributed by atoms with Crippen molar-refractivity contribution < 1.29 is 5.11 Å². The third-order valence-corrected chi connectivity index (χ3v) is 2.38. The molecule has 0 aromatic carbocycles. The molecule has 0 atom stereocenters. The van der Waals surface area contributed by atoms with Crippen LogP contribution in [0.15, 0.2) is 35.7 Å². The molecule has 0 saturated heterocycles. The van der Waals surface area contributed by atoms with Gasteiger partial charge in [-0.15, -0.1) is 0 Å². The molecule has 3 nitrogen and oxygen atoms in total. The molecule has 74 valence electrons. The SMILES string of the molecule is N=C(/C=C1/C=CC=C(CO)N1)C1CC1. The van der Waals surface area contributed by atoms with Gasteiger partial charge < -0.3 is 15.8 Å². The van der Waals surface area contributed by atoms with Crippen molar-refractivity contribution in [3.05, 3.63) is 35.7 Å². The van der Waals surface area contributed by atoms with Gasteiger partial charge in [0.1, 0.15) is 0 Å². The summed E-state index contributed by atoms with van der Waals surface area (Å²) in [6, 6.07) is 0. The molecule has 1 saturated carbocycles. The van der Waals surface area contributed by atoms with Gasteiger partial charge in [0.2, 0.25) is 0 Å². The Morgan fingerprint density at radius 2 is 2.43 bits per heavy atom. The van der Waals surface area contributed by atoms with Gasteiger partial charge in [-0.05, 0) is 31.1 Å². The minimum absolute atomic E-state index is 0.0123. The lowest BCUT2D eigenvalue weighted by atomic mass is 10.1. The van der Waals surface area contributed by atoms with E-state index in [1.54, 1.807) is 0 Å². The summed E-state index contributed by atoms with van der Waals surface area (Å²) in [5.74, 6) is 0.473. The van der Waals surface area contributed by atoms with Gasteiger partial charge in [0.25, 0.3) is 0 Å². The summed E-state index contributed by atoms with van der Waals surface area (Å²) in [5, 5.41) is 19.7. The predicted octanol–water partition coefficient (Wildman–Crippen LogP) is 1.34. The number of aliphatic hydroxyl groups is 1. The van der Waals surface area contributed by atoms with Crippen LogP contribution >= 0.6 is 0 Å². The Bertz CT molecular complexity index is 335. The molecule has 0 spiro atoms. The van der Waals surface area contributed by atoms with Crippen LogP contribution in [0.3, 0.4) is 0 Å². The molecule has 0 radical (unpaired) electrons. The topological polar surface area (TPSA) is 56.1 Å². The van der Waals surface area contributed by atoms with E-state index < -0.39 is 0 Å². The minimum Gasteiger partial charge on any atom is -0.390 e. The highest BCUT2D eigenvalue weighted by molar-refractivity contribution is 5.96. The zero-order valence-corrected chi connectivity index (χ0v) is 7.96. The molecule has 3 heteroatoms. The molecule has 0 bridgehead atoms. The zero-order chi connectivity index (χ0) is 9.97. The first-order valence-corrected chi connectivity index (χ1v) is 4.85. The van der Waals surface area contributed by atoms with Crippen LogP contribution in [0.1, 0.15) is 12.8 Å². The number of nitrogens with one attached hydrogen (secondary N) is 2. The van der Waals surface area contributed by atoms with E-state index >= 15 is 0 Å². The number of aliphatic hydroxyl groups excluding tert-OH is 1. The fraction of sp³-hybridized carbons (Fsp3) is 0.364. The molecule has 14 heavy (non-hydrogen) atoms. The number of hydrogen-bond donors (Lipinski definition) is 3. The van der Waals surface area contributed by atoms with E-state index in [0.717, 1.165) is 24.2 Å². The highest BCUT2D eigenvalue weighted by Gasteiger charge is 2.25. The van der Waals surface area contributed by atoms with E-state index in [1.165, 1.54) is 0 Å². The van der Waals surface area contributed by atoms with Crippen LogP contribution < -0.4 is 5.32 Å². The Morgan fingerprint density at radius 3 is 3.07 bits per heavy atom. The lowest BCUT2D eigenvalue weighted by Gasteiger charge is -2.12. The van der Waals surface area contributed by atoms with Gasteiger partial charge in [-0.25, -0.2) is 0 Å². The largest absolute Gasteiger partial charge is 0.390 e. The van der Waals surface area contributed by atoms with Crippen molar-refractivity contribution in [1.29, 1.82) is 5.41 Å². The smallest absolute Gasteiger partial charge is 0.0830 e. The maximum Gasteiger partial charge on any atom is 0.0830 e. The van der Waals surface area contributed by atoms with Gasteiger partial charge in [-0.3, -0.25) is 0 Å². The lowest BCUT2D eigenvalue weighted by Crippen LogP contribution is -2.17. The Morgan fingerprint density at radius 1 is 1.64 bits per heavy atom. The third-order valence-electron chi connectivity index (χ3n) is 2.38. The average Bonchev–Trinajstić information content (AvgIpc) is 3.01. The van der Waals surface area contributed by atoms with E-state index in [0.29, 0.717) is 11.6 Å². The number of allylic oxidation sites excluding steroid dienone is 4. The molecule has 0 unspecified atom stereocenters. The quantitative estimate of drug-likeness (QED) is 0.588. The second kappa shape index (κ2) is 3.80. The van der Waals surface area contributed by atoms with Crippen molar-refractivity contribution in [2.75, 3.05) is 6.61 Å². The summed E-state index contributed by atoms with van der Waals surface area (Å²) in [6.07, 6.45) is 9.77. The maximum atomic E-state index is 8.92. The summed E-state index contributed by atoms with van der Waals surface area (Å²) in [4.78, 5) is 0. The predicted molar refractivity (Wildman–Crippen MR) is 56.0 cm³/mol. The fourth-order valence-corrected chi connectivity index (χ4v) is 1.39. The van der Waals surface area contributed by atoms with Crippen LogP contribution in [0.4, 0.5) is 0 Å². The van der Waals surface area contributed by atoms with Crippen molar-refractivity contribution in [2.45, 2.75) is 12.8 Å². The molecular formula is C11H14N2O. The van der Waals surface area contributed by atoms with Crippen molar-refractivity contribution >= 4 is 5.71 Å². The van der Waals surface area contributed by atoms with E-state index in [9.17, 15) is 0 Å². The van der Waals surface area contributed by atoms with Crippen LogP contribution in [-0.2, 0) is 0 Å². The molecule has 0 aromatic rings. The first-order chi connectivity index (χ1) is 6.79. The summed E-state index contributed by atoms with van der Waals surface area (Å²) in [5.41, 5.74) is 2.37. The van der Waals surface area contributed by atoms with Gasteiger partial charge in [-0.1, -0.05) is 6.08 Å². The van der Waals surface area contributed by atoms with Crippen molar-refractivity contribution in [1.82, 2.24) is 5.32 Å². The molecule has 1 fully saturated rings. The Kier molecular flexibility index (Phi) is 2.50. The van der Waals surface area contributed by atoms with E-state index in [2.05, 4.69) is 5.32 Å². The summed E-state index contributed by atoms with van der Waals surface area (Å²) in [6.45, 7) is 0.0123. The van der Waals surface area contributed by atoms with E-state index in [4.69, 9.17) is 10.5 Å². The molecule has 1 aliphatic heterocycles. The first-order valence-electron chi connectivity index (χ1n) is 4.85. The van der Waals surface area contributed by atoms with Crippen molar-refractivity contribution in [3.8, 4) is 0 Å². The number of dihydropyridines is 1. The standard InChI is InChI=1S/C11H14N2O/c12-11(8-4-5-8)6-9-2-1-3-10(7-14)13-9/h1-3,6,8,12-14H,4-5,7H2/b9-6-,12-11?. The Labute approximate surface area is 83.3 Å². The van der Waals surface area contributed by atoms with Gasteiger partial charge in [0, 0.05) is 23.0 Å². The van der Waals surface area contributed by atoms with Crippen molar-refractivity contribution in [2.24, 2.45) is 5.92 Å². The molecular weight excluding hydrogens is 176 g/mol. The minimum atomic E-state index is 0.0123. The van der Waals surface area contributed by atoms with Crippen LogP contribution in [0.25, 0.3) is 0 Å². The van der Waals surface area contributed by atoms with E-state index in [1.807, 2.05) is 24.3 Å². The Balaban J connectivity index is 2.02. The van der Waals surface area contributed by atoms with Crippen molar-refractivity contribution in [3.63, 3.8) is 0 Å². The third kappa shape index (κ3) is 2.12. The van der Waals surface area contributed by atoms with Gasteiger partial charge in [-0.2, -0.15) is 0 Å². The second-order valence-corrected chi connectivity index (χ2v) is 3.66. The van der Waals surface area contributed by atoms with Gasteiger partial charge in [0.05, 0.1) is 6.61 Å². The average molecular weight is 190 g/mol. The maximum absolute atomic E-state index is 8.92. The molecule has 1 aliphatic carbocycles. The zero-order valence-electron chi connectivity index (χ0n) is 7.96. The highest BCUT2D eigenvalue weighted by Crippen LogP contribution is 2.30. The van der Waals surface area contributed by atoms with Gasteiger partial charge >= 0.3 is 0 Å². The fourth-order valence-electron chi connectivity index (χ4n) is 1.39. The molecule has 2 rings (SSSR count). The van der Waals surface area contributed by atoms with Crippen LogP contribution in [0, 0.1) is 11.3 Å². The second-order valence-electron chi connectivity index (χ2n) is 3.66. The number of rotatable bonds is 3. The highest BCUT2D eigenvalue weighted by atomic mass is 16.3. The molecule has 0 aromatic heterocycles. The van der Waals surface area contributed by atoms with Crippen LogP contribution in [0.5, 0.6) is 0 Å². The molecule has 2 aliphatic rings. The van der Waals surface area contributed by atoms with Crippen LogP contribution in [-0.4, -0.2) is 17.4 Å². The summed E-state index contributed by atoms with van der Waals surface area (Å²) >= 11 is 0.